The van der Waals surface area contributed by atoms with E-state index >= 15 is 0 Å². The number of nitrogens with zero attached hydrogens (tertiary/aromatic N) is 2. The summed E-state index contributed by atoms with van der Waals surface area (Å²) in [6, 6.07) is 24.3. The molecule has 1 saturated heterocycles. The molecule has 1 heterocycles. The van der Waals surface area contributed by atoms with E-state index in [1.165, 1.54) is 0 Å². The van der Waals surface area contributed by atoms with Gasteiger partial charge in [0.05, 0.1) is 19.6 Å². The van der Waals surface area contributed by atoms with Crippen molar-refractivity contribution in [2.45, 2.75) is 45.1 Å². The number of anilines is 1. The number of nitrogens with one attached hydrogen (secondary N) is 1. The van der Waals surface area contributed by atoms with Gasteiger partial charge in [0.25, 0.3) is 5.91 Å². The molecule has 1 aliphatic rings. The van der Waals surface area contributed by atoms with Gasteiger partial charge in [-0.05, 0) is 98.3 Å². The van der Waals surface area contributed by atoms with Crippen molar-refractivity contribution in [2.24, 2.45) is 0 Å². The zero-order chi connectivity index (χ0) is 24.8. The van der Waals surface area contributed by atoms with Crippen LogP contribution in [-0.4, -0.2) is 37.0 Å². The maximum absolute atomic E-state index is 13.3. The van der Waals surface area contributed by atoms with Gasteiger partial charge in [-0.2, -0.15) is 5.26 Å². The van der Waals surface area contributed by atoms with Gasteiger partial charge < -0.3 is 15.0 Å². The Morgan fingerprint density at radius 3 is 2.46 bits per heavy atom. The molecule has 0 bridgehead atoms. The summed E-state index contributed by atoms with van der Waals surface area (Å²) >= 11 is 0. The molecule has 0 radical (unpaired) electrons. The molecular weight excluding hydrogens is 434 g/mol. The molecule has 180 valence electrons. The van der Waals surface area contributed by atoms with E-state index in [0.717, 1.165) is 59.6 Å². The summed E-state index contributed by atoms with van der Waals surface area (Å²) < 4.78 is 5.66. The number of piperidine rings is 1. The highest BCUT2D eigenvalue weighted by molar-refractivity contribution is 6.05. The Balaban J connectivity index is 1.56. The van der Waals surface area contributed by atoms with Crippen LogP contribution in [0.5, 0.6) is 5.75 Å². The van der Waals surface area contributed by atoms with Crippen molar-refractivity contribution >= 4 is 11.6 Å². The number of benzene rings is 3. The zero-order valence-electron chi connectivity index (χ0n) is 20.8. The van der Waals surface area contributed by atoms with Crippen molar-refractivity contribution in [1.82, 2.24) is 4.90 Å². The number of rotatable bonds is 7. The summed E-state index contributed by atoms with van der Waals surface area (Å²) in [7, 11) is 1.70. The number of likely N-dealkylation sites (tertiary alicyclic amines) is 1. The number of methoxy groups -OCH3 is 1. The van der Waals surface area contributed by atoms with Gasteiger partial charge in [-0.3, -0.25) is 4.79 Å². The zero-order valence-corrected chi connectivity index (χ0v) is 20.8. The minimum atomic E-state index is -0.208. The van der Waals surface area contributed by atoms with Crippen LogP contribution in [0, 0.1) is 11.3 Å². The molecule has 4 rings (SSSR count). The fourth-order valence-corrected chi connectivity index (χ4v) is 4.91. The van der Waals surface area contributed by atoms with E-state index in [1.54, 1.807) is 7.11 Å². The van der Waals surface area contributed by atoms with Crippen LogP contribution in [0.25, 0.3) is 11.1 Å². The van der Waals surface area contributed by atoms with Gasteiger partial charge in [0.2, 0.25) is 0 Å². The highest BCUT2D eigenvalue weighted by Gasteiger charge is 2.25. The van der Waals surface area contributed by atoms with Gasteiger partial charge in [0, 0.05) is 17.3 Å². The van der Waals surface area contributed by atoms with E-state index in [2.05, 4.69) is 36.2 Å². The molecule has 1 fully saturated rings. The Morgan fingerprint density at radius 1 is 1.06 bits per heavy atom. The van der Waals surface area contributed by atoms with E-state index in [1.807, 2.05) is 60.7 Å². The molecule has 0 aliphatic carbocycles. The Kier molecular flexibility index (Phi) is 7.84. The summed E-state index contributed by atoms with van der Waals surface area (Å²) in [6.45, 7) is 6.61. The minimum Gasteiger partial charge on any atom is -0.496 e. The summed E-state index contributed by atoms with van der Waals surface area (Å²) in [5, 5.41) is 12.4. The average Bonchev–Trinajstić information content (AvgIpc) is 2.89. The molecule has 3 aromatic rings. The molecule has 3 aromatic carbocycles. The molecule has 1 amide bonds. The predicted molar refractivity (Wildman–Crippen MR) is 141 cm³/mol. The van der Waals surface area contributed by atoms with Crippen LogP contribution in [0.15, 0.2) is 66.7 Å². The van der Waals surface area contributed by atoms with Crippen molar-refractivity contribution < 1.29 is 9.53 Å². The number of hydrogen-bond donors (Lipinski definition) is 1. The molecule has 0 spiro atoms. The third-order valence-corrected chi connectivity index (χ3v) is 6.91. The topological polar surface area (TPSA) is 65.4 Å². The maximum atomic E-state index is 13.3. The first kappa shape index (κ1) is 24.5. The number of nitriles is 1. The third-order valence-electron chi connectivity index (χ3n) is 6.91. The monoisotopic (exact) mass is 467 g/mol. The molecule has 35 heavy (non-hydrogen) atoms. The van der Waals surface area contributed by atoms with Crippen molar-refractivity contribution in [2.75, 3.05) is 25.5 Å². The SMILES string of the molecule is COc1ccc(NC(=O)c2ccc(-c3ccccc3)cc2CC#N)cc1C1CCN(C(C)C)CC1. The molecule has 0 saturated carbocycles. The smallest absolute Gasteiger partial charge is 0.255 e. The average molecular weight is 468 g/mol. The van der Waals surface area contributed by atoms with Crippen LogP contribution < -0.4 is 10.1 Å². The highest BCUT2D eigenvalue weighted by atomic mass is 16.5. The number of carbonyl (C=O) groups excluding carboxylic acids is 1. The first-order valence-corrected chi connectivity index (χ1v) is 12.3. The van der Waals surface area contributed by atoms with Crippen LogP contribution in [0.2, 0.25) is 0 Å². The predicted octanol–water partition coefficient (Wildman–Crippen LogP) is 6.27. The molecule has 5 heteroatoms. The summed E-state index contributed by atoms with van der Waals surface area (Å²) in [5.41, 5.74) is 5.18. The molecular formula is C30H33N3O2. The van der Waals surface area contributed by atoms with Crippen molar-refractivity contribution in [3.63, 3.8) is 0 Å². The normalized spacial score (nSPS) is 14.5. The van der Waals surface area contributed by atoms with E-state index < -0.39 is 0 Å². The first-order valence-electron chi connectivity index (χ1n) is 12.3. The Hall–Kier alpha value is -3.62. The minimum absolute atomic E-state index is 0.172. The van der Waals surface area contributed by atoms with Gasteiger partial charge in [-0.15, -0.1) is 0 Å². The lowest BCUT2D eigenvalue weighted by molar-refractivity contribution is 0.102. The Morgan fingerprint density at radius 2 is 1.80 bits per heavy atom. The van der Waals surface area contributed by atoms with Gasteiger partial charge >= 0.3 is 0 Å². The molecule has 1 aliphatic heterocycles. The third kappa shape index (κ3) is 5.72. The molecule has 0 atom stereocenters. The highest BCUT2D eigenvalue weighted by Crippen LogP contribution is 2.36. The number of ether oxygens (including phenoxy) is 1. The summed E-state index contributed by atoms with van der Waals surface area (Å²) in [6.07, 6.45) is 2.31. The molecule has 1 N–H and O–H groups in total. The van der Waals surface area contributed by atoms with Crippen LogP contribution >= 0.6 is 0 Å². The lowest BCUT2D eigenvalue weighted by Crippen LogP contribution is -2.37. The van der Waals surface area contributed by atoms with Crippen molar-refractivity contribution in [3.8, 4) is 22.9 Å². The fraction of sp³-hybridized carbons (Fsp3) is 0.333. The van der Waals surface area contributed by atoms with Gasteiger partial charge in [-0.1, -0.05) is 36.4 Å². The Bertz CT molecular complexity index is 1210. The lowest BCUT2D eigenvalue weighted by Gasteiger charge is -2.35. The second kappa shape index (κ2) is 11.2. The fourth-order valence-electron chi connectivity index (χ4n) is 4.91. The Labute approximate surface area is 208 Å². The van der Waals surface area contributed by atoms with Crippen molar-refractivity contribution in [3.05, 3.63) is 83.4 Å². The molecule has 0 unspecified atom stereocenters. The summed E-state index contributed by atoms with van der Waals surface area (Å²) in [4.78, 5) is 15.8. The van der Waals surface area contributed by atoms with Crippen LogP contribution in [0.4, 0.5) is 5.69 Å². The summed E-state index contributed by atoms with van der Waals surface area (Å²) in [5.74, 6) is 1.06. The van der Waals surface area contributed by atoms with Crippen LogP contribution in [-0.2, 0) is 6.42 Å². The van der Waals surface area contributed by atoms with Crippen LogP contribution in [0.3, 0.4) is 0 Å². The van der Waals surface area contributed by atoms with Gasteiger partial charge in [-0.25, -0.2) is 0 Å². The second-order valence-corrected chi connectivity index (χ2v) is 9.39. The van der Waals surface area contributed by atoms with E-state index in [9.17, 15) is 10.1 Å². The second-order valence-electron chi connectivity index (χ2n) is 9.39. The standard InChI is InChI=1S/C30H33N3O2/c1-21(2)33-17-14-23(15-18-33)28-20-26(10-12-29(28)35-3)32-30(34)27-11-9-24(19-25(27)13-16-31)22-7-5-4-6-8-22/h4-12,19-21,23H,13-15,17-18H2,1-3H3,(H,32,34). The van der Waals surface area contributed by atoms with Crippen molar-refractivity contribution in [1.29, 1.82) is 5.26 Å². The van der Waals surface area contributed by atoms with Gasteiger partial charge in [0.1, 0.15) is 5.75 Å². The number of carbonyl (C=O) groups is 1. The largest absolute Gasteiger partial charge is 0.496 e. The lowest BCUT2D eigenvalue weighted by atomic mass is 9.88. The number of amides is 1. The maximum Gasteiger partial charge on any atom is 0.255 e. The quantitative estimate of drug-likeness (QED) is 0.445. The number of hydrogen-bond acceptors (Lipinski definition) is 4. The van der Waals surface area contributed by atoms with Crippen LogP contribution in [0.1, 0.15) is 54.1 Å². The molecule has 0 aromatic heterocycles. The van der Waals surface area contributed by atoms with E-state index in [0.29, 0.717) is 17.5 Å². The van der Waals surface area contributed by atoms with E-state index in [4.69, 9.17) is 4.74 Å². The van der Waals surface area contributed by atoms with Gasteiger partial charge in [0.15, 0.2) is 0 Å². The molecule has 5 nitrogen and oxygen atoms in total. The first-order chi connectivity index (χ1) is 17.0. The van der Waals surface area contributed by atoms with E-state index in [-0.39, 0.29) is 12.3 Å².